The normalized spacial score (nSPS) is 25.6. The number of rotatable bonds is 4. The molecule has 2 aliphatic rings. The maximum Gasteiger partial charge on any atom is 0.166 e. The van der Waals surface area contributed by atoms with Crippen molar-refractivity contribution in [3.8, 4) is 0 Å². The van der Waals surface area contributed by atoms with Crippen molar-refractivity contribution in [1.82, 2.24) is 15.2 Å². The van der Waals surface area contributed by atoms with E-state index in [0.29, 0.717) is 23.1 Å². The first-order valence-corrected chi connectivity index (χ1v) is 9.84. The molecule has 3 aromatic rings. The van der Waals surface area contributed by atoms with Gasteiger partial charge in [-0.3, -0.25) is 9.69 Å². The number of ketones is 1. The first-order valence-electron chi connectivity index (χ1n) is 9.84. The molecule has 0 saturated carbocycles. The van der Waals surface area contributed by atoms with Gasteiger partial charge in [-0.1, -0.05) is 36.8 Å². The molecule has 2 atom stereocenters. The highest BCUT2D eigenvalue weighted by Crippen LogP contribution is 2.39. The van der Waals surface area contributed by atoms with Crippen molar-refractivity contribution in [2.24, 2.45) is 5.92 Å². The molecule has 2 saturated heterocycles. The average Bonchev–Trinajstić information content (AvgIpc) is 3.16. The number of Topliss-reactive ketones (excluding diaryl/α,β-unsaturated/α-hetero) is 1. The van der Waals surface area contributed by atoms with E-state index < -0.39 is 0 Å². The molecular weight excluding hydrogens is 338 g/mol. The van der Waals surface area contributed by atoms with Gasteiger partial charge in [0, 0.05) is 30.1 Å². The zero-order valence-electron chi connectivity index (χ0n) is 15.3. The minimum atomic E-state index is 0.102. The molecule has 2 unspecified atom stereocenters. The van der Waals surface area contributed by atoms with Gasteiger partial charge in [0.2, 0.25) is 0 Å². The molecule has 0 aliphatic carbocycles. The Bertz CT molecular complexity index is 938. The number of nitrogens with zero attached hydrogens (tertiary/aromatic N) is 3. The van der Waals surface area contributed by atoms with Gasteiger partial charge in [-0.05, 0) is 59.8 Å². The summed E-state index contributed by atoms with van der Waals surface area (Å²) in [5.41, 5.74) is 3.45. The Hall–Kier alpha value is -2.53. The molecule has 138 valence electrons. The van der Waals surface area contributed by atoms with Crippen molar-refractivity contribution in [3.63, 3.8) is 0 Å². The lowest BCUT2D eigenvalue weighted by Crippen LogP contribution is -2.52. The summed E-state index contributed by atoms with van der Waals surface area (Å²) in [6, 6.07) is 17.2. The zero-order valence-corrected chi connectivity index (χ0v) is 15.3. The largest absolute Gasteiger partial charge is 0.294 e. The third-order valence-electron chi connectivity index (χ3n) is 6.24. The molecule has 2 aliphatic heterocycles. The summed E-state index contributed by atoms with van der Waals surface area (Å²) in [5, 5.41) is 7.70. The van der Waals surface area contributed by atoms with Crippen molar-refractivity contribution < 1.29 is 9.42 Å². The molecule has 0 radical (unpaired) electrons. The summed E-state index contributed by atoms with van der Waals surface area (Å²) in [6.07, 6.45) is 5.57. The van der Waals surface area contributed by atoms with Gasteiger partial charge in [-0.2, -0.15) is 0 Å². The monoisotopic (exact) mass is 361 g/mol. The van der Waals surface area contributed by atoms with Gasteiger partial charge in [0.15, 0.2) is 5.78 Å². The third kappa shape index (κ3) is 3.16. The summed E-state index contributed by atoms with van der Waals surface area (Å²) in [4.78, 5) is 15.8. The van der Waals surface area contributed by atoms with E-state index in [1.165, 1.54) is 24.8 Å². The summed E-state index contributed by atoms with van der Waals surface area (Å²) in [6.45, 7) is 0.994. The van der Waals surface area contributed by atoms with Gasteiger partial charge < -0.3 is 0 Å². The maximum atomic E-state index is 13.2. The third-order valence-corrected chi connectivity index (χ3v) is 6.24. The minimum absolute atomic E-state index is 0.102. The molecule has 5 nitrogen and oxygen atoms in total. The number of carbonyl (C=O) groups is 1. The maximum absolute atomic E-state index is 13.2. The van der Waals surface area contributed by atoms with Crippen LogP contribution in [0.3, 0.4) is 0 Å². The fraction of sp³-hybridized carbons (Fsp3) is 0.409. The molecule has 0 N–H and O–H groups in total. The smallest absolute Gasteiger partial charge is 0.166 e. The van der Waals surface area contributed by atoms with Gasteiger partial charge in [0.05, 0.1) is 0 Å². The van der Waals surface area contributed by atoms with Crippen LogP contribution in [0.1, 0.15) is 48.0 Å². The highest BCUT2D eigenvalue weighted by atomic mass is 16.6. The SMILES string of the molecule is O=C(c1ccc2nonc2c1)C1CC2CCCC(C1)N2Cc1ccccc1. The van der Waals surface area contributed by atoms with Crippen molar-refractivity contribution in [2.45, 2.75) is 50.7 Å². The molecule has 27 heavy (non-hydrogen) atoms. The van der Waals surface area contributed by atoms with Crippen LogP contribution in [0.4, 0.5) is 0 Å². The molecule has 0 spiro atoms. The van der Waals surface area contributed by atoms with Crippen LogP contribution in [0, 0.1) is 5.92 Å². The van der Waals surface area contributed by atoms with Crippen LogP contribution in [0.5, 0.6) is 0 Å². The van der Waals surface area contributed by atoms with Gasteiger partial charge in [-0.15, -0.1) is 0 Å². The molecule has 2 aromatic carbocycles. The van der Waals surface area contributed by atoms with E-state index in [0.717, 1.165) is 24.9 Å². The number of aromatic nitrogens is 2. The van der Waals surface area contributed by atoms with Crippen molar-refractivity contribution in [2.75, 3.05) is 0 Å². The van der Waals surface area contributed by atoms with Crippen LogP contribution in [-0.4, -0.2) is 33.1 Å². The number of fused-ring (bicyclic) bond motifs is 3. The number of hydrogen-bond donors (Lipinski definition) is 0. The second-order valence-electron chi connectivity index (χ2n) is 7.90. The van der Waals surface area contributed by atoms with E-state index in [2.05, 4.69) is 45.5 Å². The Morgan fingerprint density at radius 3 is 2.52 bits per heavy atom. The second kappa shape index (κ2) is 6.89. The van der Waals surface area contributed by atoms with E-state index in [4.69, 9.17) is 4.63 Å². The Kier molecular flexibility index (Phi) is 4.24. The average molecular weight is 361 g/mol. The number of benzene rings is 2. The van der Waals surface area contributed by atoms with Gasteiger partial charge in [-0.25, -0.2) is 4.63 Å². The molecule has 3 heterocycles. The molecule has 0 amide bonds. The number of hydrogen-bond acceptors (Lipinski definition) is 5. The van der Waals surface area contributed by atoms with Crippen LogP contribution in [0.25, 0.3) is 11.0 Å². The number of piperidine rings is 2. The molecule has 5 rings (SSSR count). The first kappa shape index (κ1) is 16.6. The van der Waals surface area contributed by atoms with E-state index in [1.807, 2.05) is 18.2 Å². The summed E-state index contributed by atoms with van der Waals surface area (Å²) < 4.78 is 4.76. The van der Waals surface area contributed by atoms with E-state index >= 15 is 0 Å². The lowest BCUT2D eigenvalue weighted by molar-refractivity contribution is 0.00907. The quantitative estimate of drug-likeness (QED) is 0.651. The van der Waals surface area contributed by atoms with Crippen molar-refractivity contribution in [3.05, 3.63) is 59.7 Å². The first-order chi connectivity index (χ1) is 13.3. The van der Waals surface area contributed by atoms with Crippen LogP contribution >= 0.6 is 0 Å². The highest BCUT2D eigenvalue weighted by Gasteiger charge is 2.40. The van der Waals surface area contributed by atoms with Crippen LogP contribution < -0.4 is 0 Å². The zero-order chi connectivity index (χ0) is 18.2. The Morgan fingerprint density at radius 1 is 1.00 bits per heavy atom. The summed E-state index contributed by atoms with van der Waals surface area (Å²) in [7, 11) is 0. The molecular formula is C22H23N3O2. The van der Waals surface area contributed by atoms with E-state index in [1.54, 1.807) is 0 Å². The Morgan fingerprint density at radius 2 is 1.74 bits per heavy atom. The Balaban J connectivity index is 1.35. The molecule has 2 fully saturated rings. The molecule has 5 heteroatoms. The van der Waals surface area contributed by atoms with E-state index in [9.17, 15) is 4.79 Å². The van der Waals surface area contributed by atoms with Gasteiger partial charge in [0.25, 0.3) is 0 Å². The van der Waals surface area contributed by atoms with Crippen LogP contribution in [-0.2, 0) is 6.54 Å². The molecule has 2 bridgehead atoms. The topological polar surface area (TPSA) is 59.2 Å². The highest BCUT2D eigenvalue weighted by molar-refractivity contribution is 6.00. The van der Waals surface area contributed by atoms with Crippen LogP contribution in [0.2, 0.25) is 0 Å². The second-order valence-corrected chi connectivity index (χ2v) is 7.90. The lowest BCUT2D eigenvalue weighted by atomic mass is 9.75. The summed E-state index contributed by atoms with van der Waals surface area (Å²) >= 11 is 0. The fourth-order valence-electron chi connectivity index (χ4n) is 4.92. The predicted octanol–water partition coefficient (Wildman–Crippen LogP) is 4.24. The molecule has 1 aromatic heterocycles. The van der Waals surface area contributed by atoms with E-state index in [-0.39, 0.29) is 11.7 Å². The van der Waals surface area contributed by atoms with Gasteiger partial charge >= 0.3 is 0 Å². The standard InChI is InChI=1S/C22H23N3O2/c26-22(16-9-10-20-21(13-16)24-27-23-20)17-11-18-7-4-8-19(12-17)25(18)14-15-5-2-1-3-6-15/h1-3,5-6,9-10,13,17-19H,4,7-8,11-12,14H2. The summed E-state index contributed by atoms with van der Waals surface area (Å²) in [5.74, 6) is 0.348. The van der Waals surface area contributed by atoms with Crippen molar-refractivity contribution in [1.29, 1.82) is 0 Å². The van der Waals surface area contributed by atoms with Crippen LogP contribution in [0.15, 0.2) is 53.2 Å². The fourth-order valence-corrected chi connectivity index (χ4v) is 4.92. The Labute approximate surface area is 158 Å². The minimum Gasteiger partial charge on any atom is -0.294 e. The number of carbonyl (C=O) groups excluding carboxylic acids is 1. The predicted molar refractivity (Wildman–Crippen MR) is 102 cm³/mol. The van der Waals surface area contributed by atoms with Crippen molar-refractivity contribution >= 4 is 16.8 Å². The van der Waals surface area contributed by atoms with Gasteiger partial charge in [0.1, 0.15) is 11.0 Å². The lowest BCUT2D eigenvalue weighted by Gasteiger charge is -2.48.